The maximum Gasteiger partial charge on any atom is 0.178 e. The third kappa shape index (κ3) is 2.74. The summed E-state index contributed by atoms with van der Waals surface area (Å²) in [6.45, 7) is 4.55. The second-order valence-electron chi connectivity index (χ2n) is 10.6. The predicted molar refractivity (Wildman–Crippen MR) is 117 cm³/mol. The third-order valence-corrected chi connectivity index (χ3v) is 9.43. The molecule has 1 aromatic rings. The highest BCUT2D eigenvalue weighted by Gasteiger charge is 2.63. The molecule has 0 aliphatic heterocycles. The van der Waals surface area contributed by atoms with Crippen LogP contribution in [0, 0.1) is 28.6 Å². The van der Waals surface area contributed by atoms with E-state index in [0.29, 0.717) is 29.7 Å². The SMILES string of the molecule is CC12C=CC(=O)C=C1CCC1C2CCC2(C)C1CCC2(O)CC(=O)c1ccccc1. The van der Waals surface area contributed by atoms with Crippen LogP contribution in [0.4, 0.5) is 0 Å². The number of Topliss-reactive ketones (excluding diaryl/α,β-unsaturated/α-hetero) is 1. The largest absolute Gasteiger partial charge is 0.389 e. The summed E-state index contributed by atoms with van der Waals surface area (Å²) in [6, 6.07) is 9.39. The summed E-state index contributed by atoms with van der Waals surface area (Å²) in [7, 11) is 0. The maximum absolute atomic E-state index is 13.0. The van der Waals surface area contributed by atoms with Crippen LogP contribution < -0.4 is 0 Å². The van der Waals surface area contributed by atoms with Gasteiger partial charge >= 0.3 is 0 Å². The highest BCUT2D eigenvalue weighted by Crippen LogP contribution is 2.67. The summed E-state index contributed by atoms with van der Waals surface area (Å²) in [5.41, 5.74) is 0.824. The highest BCUT2D eigenvalue weighted by atomic mass is 16.3. The first kappa shape index (κ1) is 19.9. The van der Waals surface area contributed by atoms with E-state index in [1.807, 2.05) is 36.4 Å². The monoisotopic (exact) mass is 404 g/mol. The number of hydrogen-bond donors (Lipinski definition) is 1. The first-order valence-corrected chi connectivity index (χ1v) is 11.5. The Morgan fingerprint density at radius 2 is 1.80 bits per heavy atom. The molecule has 30 heavy (non-hydrogen) atoms. The lowest BCUT2D eigenvalue weighted by molar-refractivity contribution is -0.120. The highest BCUT2D eigenvalue weighted by molar-refractivity contribution is 6.01. The summed E-state index contributed by atoms with van der Waals surface area (Å²) >= 11 is 0. The molecule has 1 aromatic carbocycles. The Balaban J connectivity index is 1.42. The Bertz CT molecular complexity index is 944. The molecule has 5 rings (SSSR count). The molecule has 4 aliphatic rings. The van der Waals surface area contributed by atoms with Crippen molar-refractivity contribution in [1.29, 1.82) is 0 Å². The fourth-order valence-corrected chi connectivity index (χ4v) is 7.59. The third-order valence-electron chi connectivity index (χ3n) is 9.43. The van der Waals surface area contributed by atoms with E-state index >= 15 is 0 Å². The Kier molecular flexibility index (Phi) is 4.49. The molecule has 0 heterocycles. The van der Waals surface area contributed by atoms with Crippen LogP contribution in [0.15, 0.2) is 54.1 Å². The zero-order valence-corrected chi connectivity index (χ0v) is 18.1. The fourth-order valence-electron chi connectivity index (χ4n) is 7.59. The number of aliphatic hydroxyl groups is 1. The summed E-state index contributed by atoms with van der Waals surface area (Å²) in [6.07, 6.45) is 11.8. The lowest BCUT2D eigenvalue weighted by Gasteiger charge is -2.58. The van der Waals surface area contributed by atoms with Crippen molar-refractivity contribution in [2.75, 3.05) is 0 Å². The molecule has 3 saturated carbocycles. The van der Waals surface area contributed by atoms with Crippen LogP contribution in [0.5, 0.6) is 0 Å². The van der Waals surface area contributed by atoms with Gasteiger partial charge in [0.15, 0.2) is 11.6 Å². The number of benzene rings is 1. The predicted octanol–water partition coefficient (Wildman–Crippen LogP) is 5.30. The van der Waals surface area contributed by atoms with Gasteiger partial charge in [0.2, 0.25) is 0 Å². The summed E-state index contributed by atoms with van der Waals surface area (Å²) in [5.74, 6) is 1.68. The van der Waals surface area contributed by atoms with Gasteiger partial charge in [-0.05, 0) is 73.8 Å². The van der Waals surface area contributed by atoms with Crippen molar-refractivity contribution in [3.8, 4) is 0 Å². The van der Waals surface area contributed by atoms with Crippen molar-refractivity contribution in [1.82, 2.24) is 0 Å². The summed E-state index contributed by atoms with van der Waals surface area (Å²) < 4.78 is 0. The molecule has 3 heteroatoms. The lowest BCUT2D eigenvalue weighted by Crippen LogP contribution is -2.54. The number of carbonyl (C=O) groups excluding carboxylic acids is 2. The Morgan fingerprint density at radius 1 is 1.07 bits per heavy atom. The van der Waals surface area contributed by atoms with Gasteiger partial charge in [0.1, 0.15) is 0 Å². The van der Waals surface area contributed by atoms with Crippen LogP contribution in [0.2, 0.25) is 0 Å². The molecular weight excluding hydrogens is 372 g/mol. The number of carbonyl (C=O) groups is 2. The number of rotatable bonds is 3. The van der Waals surface area contributed by atoms with Crippen LogP contribution in [-0.2, 0) is 4.79 Å². The van der Waals surface area contributed by atoms with Crippen molar-refractivity contribution in [2.24, 2.45) is 28.6 Å². The molecule has 4 aliphatic carbocycles. The van der Waals surface area contributed by atoms with Crippen LogP contribution in [0.1, 0.15) is 69.2 Å². The molecule has 3 nitrogen and oxygen atoms in total. The topological polar surface area (TPSA) is 54.4 Å². The van der Waals surface area contributed by atoms with Crippen LogP contribution >= 0.6 is 0 Å². The Morgan fingerprint density at radius 3 is 2.57 bits per heavy atom. The van der Waals surface area contributed by atoms with E-state index in [1.165, 1.54) is 5.57 Å². The zero-order valence-electron chi connectivity index (χ0n) is 18.1. The minimum absolute atomic E-state index is 0.0290. The molecule has 0 spiro atoms. The number of ketones is 2. The van der Waals surface area contributed by atoms with E-state index in [1.54, 1.807) is 6.08 Å². The molecule has 0 saturated heterocycles. The summed E-state index contributed by atoms with van der Waals surface area (Å²) in [4.78, 5) is 24.9. The average molecular weight is 405 g/mol. The van der Waals surface area contributed by atoms with E-state index < -0.39 is 5.60 Å². The van der Waals surface area contributed by atoms with Gasteiger partial charge in [-0.2, -0.15) is 0 Å². The molecule has 3 fully saturated rings. The van der Waals surface area contributed by atoms with Crippen molar-refractivity contribution >= 4 is 11.6 Å². The minimum Gasteiger partial charge on any atom is -0.389 e. The van der Waals surface area contributed by atoms with E-state index in [2.05, 4.69) is 19.9 Å². The van der Waals surface area contributed by atoms with Gasteiger partial charge < -0.3 is 5.11 Å². The van der Waals surface area contributed by atoms with E-state index in [9.17, 15) is 14.7 Å². The molecule has 1 N–H and O–H groups in total. The van der Waals surface area contributed by atoms with E-state index in [0.717, 1.165) is 32.1 Å². The van der Waals surface area contributed by atoms with E-state index in [4.69, 9.17) is 0 Å². The molecule has 6 atom stereocenters. The minimum atomic E-state index is -0.926. The number of hydrogen-bond acceptors (Lipinski definition) is 3. The summed E-state index contributed by atoms with van der Waals surface area (Å²) in [5, 5.41) is 11.8. The van der Waals surface area contributed by atoms with Gasteiger partial charge in [-0.1, -0.05) is 55.8 Å². The van der Waals surface area contributed by atoms with Gasteiger partial charge in [-0.15, -0.1) is 0 Å². The molecule has 0 bridgehead atoms. The van der Waals surface area contributed by atoms with Gasteiger partial charge in [-0.25, -0.2) is 0 Å². The normalized spacial score (nSPS) is 42.2. The van der Waals surface area contributed by atoms with Crippen molar-refractivity contribution in [3.63, 3.8) is 0 Å². The molecule has 0 amide bonds. The average Bonchev–Trinajstić information content (AvgIpc) is 3.00. The van der Waals surface area contributed by atoms with Crippen LogP contribution in [0.3, 0.4) is 0 Å². The number of allylic oxidation sites excluding steroid dienone is 4. The van der Waals surface area contributed by atoms with E-state index in [-0.39, 0.29) is 28.8 Å². The fraction of sp³-hybridized carbons (Fsp3) is 0.556. The Labute approximate surface area is 179 Å². The van der Waals surface area contributed by atoms with Crippen molar-refractivity contribution in [3.05, 3.63) is 59.7 Å². The molecule has 158 valence electrons. The van der Waals surface area contributed by atoms with Gasteiger partial charge in [-0.3, -0.25) is 9.59 Å². The first-order valence-electron chi connectivity index (χ1n) is 11.5. The molecule has 0 aromatic heterocycles. The van der Waals surface area contributed by atoms with Gasteiger partial charge in [0, 0.05) is 17.4 Å². The molecular formula is C27H32O3. The zero-order chi connectivity index (χ0) is 21.1. The smallest absolute Gasteiger partial charge is 0.178 e. The van der Waals surface area contributed by atoms with Crippen LogP contribution in [-0.4, -0.2) is 22.3 Å². The maximum atomic E-state index is 13.0. The number of fused-ring (bicyclic) bond motifs is 5. The Hall–Kier alpha value is -2.00. The van der Waals surface area contributed by atoms with Crippen molar-refractivity contribution in [2.45, 2.75) is 64.4 Å². The quantitative estimate of drug-likeness (QED) is 0.696. The van der Waals surface area contributed by atoms with Gasteiger partial charge in [0.25, 0.3) is 0 Å². The lowest BCUT2D eigenvalue weighted by atomic mass is 9.47. The molecule has 0 radical (unpaired) electrons. The standard InChI is InChI=1S/C27H32O3/c1-25-13-10-20(28)16-19(25)8-9-21-22(25)11-14-26(2)23(21)12-15-27(26,30)17-24(29)18-6-4-3-5-7-18/h3-7,10,13,16,21-23,30H,8-9,11-12,14-15,17H2,1-2H3. The second kappa shape index (κ2) is 6.75. The van der Waals surface area contributed by atoms with Crippen molar-refractivity contribution < 1.29 is 14.7 Å². The first-order chi connectivity index (χ1) is 14.3. The second-order valence-corrected chi connectivity index (χ2v) is 10.6. The van der Waals surface area contributed by atoms with Crippen LogP contribution in [0.25, 0.3) is 0 Å². The van der Waals surface area contributed by atoms with Gasteiger partial charge in [0.05, 0.1) is 5.60 Å². The molecule has 6 unspecified atom stereocenters.